The van der Waals surface area contributed by atoms with E-state index in [1.807, 2.05) is 0 Å². The number of rotatable bonds is 0. The molecule has 11 nitrogen and oxygen atoms in total. The van der Waals surface area contributed by atoms with Crippen LogP contribution in [0.15, 0.2) is 6.33 Å². The van der Waals surface area contributed by atoms with Crippen molar-refractivity contribution in [2.45, 2.75) is 22.3 Å². The summed E-state index contributed by atoms with van der Waals surface area (Å²) in [5.41, 5.74) is 10.2. The van der Waals surface area contributed by atoms with Crippen molar-refractivity contribution in [1.29, 1.82) is 0 Å². The maximum Gasteiger partial charge on any atom is 0.319 e. The summed E-state index contributed by atoms with van der Waals surface area (Å²) in [6, 6.07) is 0. The number of hydrogen-bond donors (Lipinski definition) is 8. The van der Waals surface area contributed by atoms with Gasteiger partial charge in [0.05, 0.1) is 0 Å². The first-order valence-electron chi connectivity index (χ1n) is 3.55. The molecule has 21 heavy (non-hydrogen) atoms. The topological polar surface area (TPSA) is 212 Å². The van der Waals surface area contributed by atoms with Crippen molar-refractivity contribution in [3.05, 3.63) is 6.33 Å². The van der Waals surface area contributed by atoms with E-state index in [1.165, 1.54) is 6.33 Å². The number of aromatic nitrogens is 3. The first-order chi connectivity index (χ1) is 7.79. The van der Waals surface area contributed by atoms with Crippen molar-refractivity contribution >= 4 is 48.9 Å². The van der Waals surface area contributed by atoms with Crippen molar-refractivity contribution < 1.29 is 29.4 Å². The maximum absolute atomic E-state index is 7.56. The number of nitrogens with zero attached hydrogens (tertiary/aromatic N) is 3. The van der Waals surface area contributed by atoms with E-state index in [1.54, 1.807) is 0 Å². The van der Waals surface area contributed by atoms with Crippen molar-refractivity contribution in [2.24, 2.45) is 0 Å². The van der Waals surface area contributed by atoms with Crippen LogP contribution < -0.4 is 11.5 Å². The lowest BCUT2D eigenvalue weighted by molar-refractivity contribution is 0.361. The van der Waals surface area contributed by atoms with Crippen LogP contribution in [-0.2, 0) is 23.6 Å². The van der Waals surface area contributed by atoms with Gasteiger partial charge in [0.15, 0.2) is 0 Å². The van der Waals surface area contributed by atoms with Gasteiger partial charge in [-0.3, -0.25) is 0 Å². The van der Waals surface area contributed by atoms with E-state index in [0.717, 1.165) is 0 Å². The molecule has 1 heterocycles. The zero-order valence-corrected chi connectivity index (χ0v) is 11.9. The fraction of sp³-hybridized carbons (Fsp3) is 0.500. The molecular weight excluding hydrogens is 364 g/mol. The van der Waals surface area contributed by atoms with Crippen LogP contribution in [0.5, 0.6) is 0 Å². The number of hydrogen-bond acceptors (Lipinski definition) is 7. The number of nitrogens with two attached hydrogens (primary N) is 2. The Bertz CT molecular complexity index is 401. The highest BCUT2D eigenvalue weighted by Crippen LogP contribution is 2.26. The second-order valence-corrected chi connectivity index (χ2v) is 7.22. The molecule has 130 valence electrons. The maximum atomic E-state index is 7.56. The van der Waals surface area contributed by atoms with E-state index in [4.69, 9.17) is 40.8 Å². The Balaban J connectivity index is -0.0000000595. The molecule has 0 aliphatic carbocycles. The zero-order valence-electron chi connectivity index (χ0n) is 8.47. The molecule has 0 saturated heterocycles. The molecule has 0 bridgehead atoms. The van der Waals surface area contributed by atoms with Crippen molar-refractivity contribution in [1.82, 2.24) is 15.0 Å². The van der Waals surface area contributed by atoms with Crippen LogP contribution >= 0.6 is 13.4 Å². The second kappa shape index (κ2) is 14.6. The predicted octanol–water partition coefficient (Wildman–Crippen LogP) is -0.680. The van der Waals surface area contributed by atoms with Crippen LogP contribution in [0.1, 0.15) is 22.3 Å². The first kappa shape index (κ1) is 32.6. The molecule has 0 fully saturated rings. The number of anilines is 2. The molecule has 0 saturated carbocycles. The molecule has 0 aliphatic rings. The largest absolute Gasteiger partial charge is 0.368 e. The zero-order chi connectivity index (χ0) is 15.0. The summed E-state index contributed by atoms with van der Waals surface area (Å²) in [5.74, 6) is 0.301. The molecular formula is C6H23N5O6P2S2. The normalized spacial score (nSPS) is 9.05. The van der Waals surface area contributed by atoms with Gasteiger partial charge >= 0.3 is 13.4 Å². The van der Waals surface area contributed by atoms with Crippen LogP contribution in [0.3, 0.4) is 0 Å². The Hall–Kier alpha value is -0.330. The molecule has 0 unspecified atom stereocenters. The van der Waals surface area contributed by atoms with E-state index in [2.05, 4.69) is 38.6 Å². The van der Waals surface area contributed by atoms with Gasteiger partial charge in [0.25, 0.3) is 0 Å². The molecule has 10 N–H and O–H groups in total. The Labute approximate surface area is 133 Å². The highest BCUT2D eigenvalue weighted by atomic mass is 32.5. The molecule has 1 aromatic rings. The van der Waals surface area contributed by atoms with Gasteiger partial charge < -0.3 is 40.8 Å². The lowest BCUT2D eigenvalue weighted by Crippen LogP contribution is -2.00. The van der Waals surface area contributed by atoms with Crippen LogP contribution in [0.25, 0.3) is 0 Å². The summed E-state index contributed by atoms with van der Waals surface area (Å²) in [6.45, 7) is -7.61. The number of nitrogen functional groups attached to an aromatic ring is 2. The fourth-order valence-electron chi connectivity index (χ4n) is 0.322. The van der Waals surface area contributed by atoms with Crippen LogP contribution in [0, 0.1) is 0 Å². The summed E-state index contributed by atoms with van der Waals surface area (Å²) < 4.78 is 0. The van der Waals surface area contributed by atoms with Gasteiger partial charge in [-0.25, -0.2) is 9.97 Å². The van der Waals surface area contributed by atoms with Gasteiger partial charge in [-0.15, -0.1) is 0 Å². The minimum Gasteiger partial charge on any atom is -0.368 e. The summed E-state index contributed by atoms with van der Waals surface area (Å²) in [4.78, 5) is 55.9. The van der Waals surface area contributed by atoms with Gasteiger partial charge in [-0.05, 0) is 23.6 Å². The Morgan fingerprint density at radius 2 is 0.952 bits per heavy atom. The lowest BCUT2D eigenvalue weighted by atomic mass is 10.9. The Morgan fingerprint density at radius 1 is 0.762 bits per heavy atom. The quantitative estimate of drug-likeness (QED) is 0.259. The summed E-state index contributed by atoms with van der Waals surface area (Å²) in [5, 5.41) is 0. The Morgan fingerprint density at radius 3 is 1.05 bits per heavy atom. The fourth-order valence-corrected chi connectivity index (χ4v) is 0.322. The average Bonchev–Trinajstić information content (AvgIpc) is 1.95. The van der Waals surface area contributed by atoms with Crippen molar-refractivity contribution in [2.75, 3.05) is 11.5 Å². The molecule has 15 heteroatoms. The van der Waals surface area contributed by atoms with Gasteiger partial charge in [0, 0.05) is 0 Å². The van der Waals surface area contributed by atoms with Crippen LogP contribution in [0.2, 0.25) is 0 Å². The van der Waals surface area contributed by atoms with Crippen molar-refractivity contribution in [3.8, 4) is 0 Å². The van der Waals surface area contributed by atoms with Gasteiger partial charge in [0.2, 0.25) is 11.9 Å². The molecule has 1 rings (SSSR count). The van der Waals surface area contributed by atoms with Crippen molar-refractivity contribution in [3.63, 3.8) is 0 Å². The van der Waals surface area contributed by atoms with Gasteiger partial charge in [-0.2, -0.15) is 4.98 Å². The lowest BCUT2D eigenvalue weighted by Gasteiger charge is -1.88. The molecule has 0 aromatic carbocycles. The summed E-state index contributed by atoms with van der Waals surface area (Å²) >= 11 is 7.21. The van der Waals surface area contributed by atoms with E-state index >= 15 is 0 Å². The van der Waals surface area contributed by atoms with Gasteiger partial charge in [0.1, 0.15) is 6.33 Å². The summed E-state index contributed by atoms with van der Waals surface area (Å²) in [7, 11) is 0. The third-order valence-corrected chi connectivity index (χ3v) is 0.609. The molecule has 0 spiro atoms. The predicted molar refractivity (Wildman–Crippen MR) is 90.7 cm³/mol. The molecule has 0 amide bonds. The molecule has 0 atom stereocenters. The smallest absolute Gasteiger partial charge is 0.319 e. The third-order valence-electron chi connectivity index (χ3n) is 0.609. The van der Waals surface area contributed by atoms with Crippen LogP contribution in [-0.4, -0.2) is 44.3 Å². The Kier molecular flexibility index (Phi) is 22.6. The average molecular weight is 387 g/mol. The van der Waals surface area contributed by atoms with E-state index < -0.39 is 13.4 Å². The van der Waals surface area contributed by atoms with Gasteiger partial charge in [-0.1, -0.05) is 22.3 Å². The second-order valence-electron chi connectivity index (χ2n) is 2.23. The summed E-state index contributed by atoms with van der Waals surface area (Å²) in [6.07, 6.45) is 1.26. The molecule has 0 aliphatic heterocycles. The van der Waals surface area contributed by atoms with E-state index in [-0.39, 0.29) is 34.2 Å². The highest BCUT2D eigenvalue weighted by Gasteiger charge is 1.92. The first-order valence-corrected chi connectivity index (χ1v) is 8.87. The standard InChI is InChI=1S/C3H5N5.3CH4.2H3O3PS/c4-2-6-1-7-3(5)8-2;;;;2*1-4(2,3)5/h1H,(H4,4,5,6,7,8);3*1H4;2*(H3,1,2,3,5). The minimum atomic E-state index is -3.81. The molecule has 1 aromatic heterocycles. The highest BCUT2D eigenvalue weighted by molar-refractivity contribution is 8.06. The monoisotopic (exact) mass is 387 g/mol. The van der Waals surface area contributed by atoms with Crippen LogP contribution in [0.4, 0.5) is 11.9 Å². The molecule has 0 radical (unpaired) electrons. The van der Waals surface area contributed by atoms with E-state index in [0.29, 0.717) is 0 Å². The SMILES string of the molecule is C.C.C.Nc1ncnc(N)n1.OP(O)(O)=S.OP(O)(O)=S. The van der Waals surface area contributed by atoms with E-state index in [9.17, 15) is 0 Å². The third kappa shape index (κ3) is 65.7. The minimum absolute atomic E-state index is 0.